The summed E-state index contributed by atoms with van der Waals surface area (Å²) in [6.45, 7) is 5.37. The lowest BCUT2D eigenvalue weighted by Gasteiger charge is -2.21. The van der Waals surface area contributed by atoms with Crippen molar-refractivity contribution in [2.75, 3.05) is 0 Å². The summed E-state index contributed by atoms with van der Waals surface area (Å²) in [7, 11) is 0. The number of nitrogens with one attached hydrogen (secondary N) is 1. The molecule has 1 aliphatic rings. The van der Waals surface area contributed by atoms with Crippen molar-refractivity contribution >= 4 is 32.5 Å². The van der Waals surface area contributed by atoms with Crippen molar-refractivity contribution in [2.24, 2.45) is 0 Å². The van der Waals surface area contributed by atoms with Crippen LogP contribution in [0.15, 0.2) is 0 Å². The first kappa shape index (κ1) is 11.7. The lowest BCUT2D eigenvalue weighted by atomic mass is 10.2. The van der Waals surface area contributed by atoms with Crippen LogP contribution in [0.3, 0.4) is 0 Å². The van der Waals surface area contributed by atoms with Crippen LogP contribution < -0.4 is 5.32 Å². The van der Waals surface area contributed by atoms with Gasteiger partial charge in [-0.3, -0.25) is 4.79 Å². The highest BCUT2D eigenvalue weighted by atomic mass is 127. The average molecular weight is 311 g/mol. The minimum Gasteiger partial charge on any atom is -0.444 e. The van der Waals surface area contributed by atoms with Gasteiger partial charge in [-0.05, 0) is 33.6 Å². The van der Waals surface area contributed by atoms with Crippen molar-refractivity contribution in [3.05, 3.63) is 0 Å². The zero-order valence-corrected chi connectivity index (χ0v) is 10.7. The summed E-state index contributed by atoms with van der Waals surface area (Å²) in [5.74, 6) is 0. The Bertz CT molecular complexity index is 266. The van der Waals surface area contributed by atoms with Gasteiger partial charge in [-0.1, -0.05) is 0 Å². The molecule has 0 aromatic rings. The first-order valence-corrected chi connectivity index (χ1v) is 5.54. The second-order valence-corrected chi connectivity index (χ2v) is 5.46. The van der Waals surface area contributed by atoms with E-state index in [1.807, 2.05) is 0 Å². The summed E-state index contributed by atoms with van der Waals surface area (Å²) >= 11 is 1.71. The Morgan fingerprint density at radius 1 is 1.36 bits per heavy atom. The van der Waals surface area contributed by atoms with Crippen LogP contribution in [0, 0.1) is 0 Å². The van der Waals surface area contributed by atoms with Gasteiger partial charge in [0.05, 0.1) is 0 Å². The number of alkyl carbamates (subject to hydrolysis) is 1. The van der Waals surface area contributed by atoms with Gasteiger partial charge in [0, 0.05) is 22.6 Å². The third-order valence-corrected chi connectivity index (χ3v) is 2.90. The number of hydrogen-bond donors (Lipinski definition) is 1. The van der Waals surface area contributed by atoms with Gasteiger partial charge in [0.1, 0.15) is 11.1 Å². The molecule has 0 radical (unpaired) electrons. The van der Waals surface area contributed by atoms with Crippen LogP contribution >= 0.6 is 22.6 Å². The largest absolute Gasteiger partial charge is 0.444 e. The van der Waals surface area contributed by atoms with Crippen molar-refractivity contribution in [1.29, 1.82) is 0 Å². The Kier molecular flexibility index (Phi) is 3.08. The molecule has 1 N–H and O–H groups in total. The molecule has 0 aromatic heterocycles. The number of carbonyl (C=O) groups excluding carboxylic acids is 2. The maximum Gasteiger partial charge on any atom is 0.408 e. The molecule has 1 amide bonds. The van der Waals surface area contributed by atoms with Crippen LogP contribution in [0.1, 0.15) is 33.6 Å². The first-order valence-electron chi connectivity index (χ1n) is 4.46. The minimum absolute atomic E-state index is 0.0269. The van der Waals surface area contributed by atoms with Gasteiger partial charge in [-0.2, -0.15) is 0 Å². The van der Waals surface area contributed by atoms with Gasteiger partial charge in [-0.25, -0.2) is 4.79 Å². The topological polar surface area (TPSA) is 55.4 Å². The SMILES string of the molecule is CC(C)(C)OC(=O)NC1(C(=O)I)CC1. The average Bonchev–Trinajstić information content (AvgIpc) is 2.63. The molecule has 0 saturated heterocycles. The van der Waals surface area contributed by atoms with Gasteiger partial charge in [0.25, 0.3) is 0 Å². The Hall–Kier alpha value is -0.330. The van der Waals surface area contributed by atoms with Crippen LogP contribution in [0.2, 0.25) is 0 Å². The van der Waals surface area contributed by atoms with Crippen molar-refractivity contribution in [3.63, 3.8) is 0 Å². The summed E-state index contributed by atoms with van der Waals surface area (Å²) < 4.78 is 5.03. The van der Waals surface area contributed by atoms with Crippen LogP contribution in [0.25, 0.3) is 0 Å². The molecule has 1 rings (SSSR count). The molecule has 0 bridgehead atoms. The molecular formula is C9H14INO3. The Morgan fingerprint density at radius 2 is 1.86 bits per heavy atom. The highest BCUT2D eigenvalue weighted by Gasteiger charge is 2.50. The standard InChI is InChI=1S/C9H14INO3/c1-8(2,3)14-7(13)11-9(4-5-9)6(10)12/h4-5H2,1-3H3,(H,11,13). The molecule has 0 aromatic carbocycles. The van der Waals surface area contributed by atoms with Crippen molar-refractivity contribution in [1.82, 2.24) is 5.32 Å². The molecule has 80 valence electrons. The van der Waals surface area contributed by atoms with Gasteiger partial charge in [-0.15, -0.1) is 0 Å². The first-order chi connectivity index (χ1) is 6.25. The van der Waals surface area contributed by atoms with E-state index in [2.05, 4.69) is 5.32 Å². The van der Waals surface area contributed by atoms with Gasteiger partial charge in [0.15, 0.2) is 0 Å². The summed E-state index contributed by atoms with van der Waals surface area (Å²) in [5, 5.41) is 2.61. The summed E-state index contributed by atoms with van der Waals surface area (Å²) in [6.07, 6.45) is 0.919. The summed E-state index contributed by atoms with van der Waals surface area (Å²) in [4.78, 5) is 22.5. The molecule has 0 atom stereocenters. The van der Waals surface area contributed by atoms with E-state index in [0.717, 1.165) is 0 Å². The highest BCUT2D eigenvalue weighted by molar-refractivity contribution is 14.1. The normalized spacial score (nSPS) is 18.6. The van der Waals surface area contributed by atoms with Gasteiger partial charge in [0.2, 0.25) is 3.79 Å². The molecule has 0 heterocycles. The molecule has 4 nitrogen and oxygen atoms in total. The monoisotopic (exact) mass is 311 g/mol. The minimum atomic E-state index is -0.636. The fourth-order valence-electron chi connectivity index (χ4n) is 0.995. The van der Waals surface area contributed by atoms with Crippen LogP contribution in [-0.4, -0.2) is 21.0 Å². The lowest BCUT2D eigenvalue weighted by molar-refractivity contribution is -0.112. The quantitative estimate of drug-likeness (QED) is 0.627. The van der Waals surface area contributed by atoms with E-state index < -0.39 is 17.2 Å². The van der Waals surface area contributed by atoms with E-state index in [4.69, 9.17) is 4.74 Å². The molecule has 5 heteroatoms. The Morgan fingerprint density at radius 3 is 2.14 bits per heavy atom. The van der Waals surface area contributed by atoms with Gasteiger partial charge >= 0.3 is 6.09 Å². The van der Waals surface area contributed by atoms with E-state index in [9.17, 15) is 9.59 Å². The molecule has 1 aliphatic carbocycles. The number of ether oxygens (including phenoxy) is 1. The second-order valence-electron chi connectivity index (χ2n) is 4.48. The predicted molar refractivity (Wildman–Crippen MR) is 60.4 cm³/mol. The van der Waals surface area contributed by atoms with E-state index in [1.165, 1.54) is 0 Å². The van der Waals surface area contributed by atoms with E-state index in [1.54, 1.807) is 43.4 Å². The molecule has 1 saturated carbocycles. The number of rotatable bonds is 2. The number of amides is 1. The fraction of sp³-hybridized carbons (Fsp3) is 0.778. The Balaban J connectivity index is 2.46. The van der Waals surface area contributed by atoms with Crippen molar-refractivity contribution < 1.29 is 14.3 Å². The van der Waals surface area contributed by atoms with Crippen LogP contribution in [-0.2, 0) is 9.53 Å². The predicted octanol–water partition coefficient (Wildman–Crippen LogP) is 2.01. The third kappa shape index (κ3) is 3.11. The summed E-state index contributed by atoms with van der Waals surface area (Å²) in [6, 6.07) is 0. The number of halogens is 1. The molecular weight excluding hydrogens is 297 g/mol. The molecule has 0 unspecified atom stereocenters. The van der Waals surface area contributed by atoms with Crippen LogP contribution in [0.4, 0.5) is 4.79 Å². The maximum atomic E-state index is 11.3. The lowest BCUT2D eigenvalue weighted by Crippen LogP contribution is -2.43. The fourth-order valence-corrected chi connectivity index (χ4v) is 1.67. The van der Waals surface area contributed by atoms with Crippen molar-refractivity contribution in [2.45, 2.75) is 44.8 Å². The number of hydrogen-bond acceptors (Lipinski definition) is 3. The molecule has 0 spiro atoms. The summed E-state index contributed by atoms with van der Waals surface area (Å²) in [5.41, 5.74) is -1.16. The zero-order valence-electron chi connectivity index (χ0n) is 8.52. The van der Waals surface area contributed by atoms with Crippen molar-refractivity contribution in [3.8, 4) is 0 Å². The third-order valence-electron chi connectivity index (χ3n) is 1.87. The smallest absolute Gasteiger partial charge is 0.408 e. The molecule has 0 aliphatic heterocycles. The highest BCUT2D eigenvalue weighted by Crippen LogP contribution is 2.38. The van der Waals surface area contributed by atoms with E-state index >= 15 is 0 Å². The maximum absolute atomic E-state index is 11.3. The van der Waals surface area contributed by atoms with E-state index in [0.29, 0.717) is 12.8 Å². The zero-order chi connectivity index (χ0) is 11.0. The Labute approximate surface area is 96.9 Å². The molecule has 1 fully saturated rings. The van der Waals surface area contributed by atoms with Crippen LogP contribution in [0.5, 0.6) is 0 Å². The van der Waals surface area contributed by atoms with Gasteiger partial charge < -0.3 is 10.1 Å². The molecule has 14 heavy (non-hydrogen) atoms. The number of carbonyl (C=O) groups is 2. The van der Waals surface area contributed by atoms with E-state index in [-0.39, 0.29) is 3.79 Å². The second kappa shape index (κ2) is 3.67.